The summed E-state index contributed by atoms with van der Waals surface area (Å²) in [5.74, 6) is 1.35. The predicted molar refractivity (Wildman–Crippen MR) is 63.4 cm³/mol. The molecular formula is C14H17NO. The van der Waals surface area contributed by atoms with Gasteiger partial charge >= 0.3 is 0 Å². The van der Waals surface area contributed by atoms with Crippen molar-refractivity contribution in [3.05, 3.63) is 35.4 Å². The number of hydrogen-bond donors (Lipinski definition) is 1. The minimum absolute atomic E-state index is 0.189. The van der Waals surface area contributed by atoms with E-state index >= 15 is 0 Å². The van der Waals surface area contributed by atoms with E-state index in [2.05, 4.69) is 36.5 Å². The summed E-state index contributed by atoms with van der Waals surface area (Å²) in [5, 5.41) is 2.99. The topological polar surface area (TPSA) is 29.1 Å². The Morgan fingerprint density at radius 1 is 1.25 bits per heavy atom. The lowest BCUT2D eigenvalue weighted by Gasteiger charge is -2.15. The fourth-order valence-corrected chi connectivity index (χ4v) is 2.66. The van der Waals surface area contributed by atoms with Gasteiger partial charge in [0.15, 0.2) is 0 Å². The maximum absolute atomic E-state index is 11.4. The van der Waals surface area contributed by atoms with Crippen molar-refractivity contribution in [1.29, 1.82) is 0 Å². The third kappa shape index (κ3) is 1.73. The first kappa shape index (κ1) is 9.88. The minimum Gasteiger partial charge on any atom is -0.353 e. The first-order valence-corrected chi connectivity index (χ1v) is 6.13. The Hall–Kier alpha value is -1.31. The van der Waals surface area contributed by atoms with Crippen molar-refractivity contribution >= 4 is 5.91 Å². The molecule has 2 nitrogen and oxygen atoms in total. The fraction of sp³-hybridized carbons (Fsp3) is 0.500. The quantitative estimate of drug-likeness (QED) is 0.807. The molecule has 1 heterocycles. The van der Waals surface area contributed by atoms with E-state index in [1.165, 1.54) is 24.0 Å². The normalized spacial score (nSPS) is 29.2. The third-order valence-corrected chi connectivity index (χ3v) is 3.79. The molecule has 1 N–H and O–H groups in total. The van der Waals surface area contributed by atoms with Crippen LogP contribution in [0, 0.1) is 0 Å². The van der Waals surface area contributed by atoms with Crippen molar-refractivity contribution in [2.75, 3.05) is 0 Å². The van der Waals surface area contributed by atoms with Gasteiger partial charge in [0, 0.05) is 18.4 Å². The molecular weight excluding hydrogens is 198 g/mol. The van der Waals surface area contributed by atoms with Crippen LogP contribution in [-0.4, -0.2) is 11.9 Å². The van der Waals surface area contributed by atoms with Crippen LogP contribution in [0.15, 0.2) is 24.3 Å². The lowest BCUT2D eigenvalue weighted by atomic mass is 9.91. The van der Waals surface area contributed by atoms with Crippen LogP contribution in [-0.2, 0) is 4.79 Å². The van der Waals surface area contributed by atoms with Gasteiger partial charge in [-0.3, -0.25) is 4.79 Å². The van der Waals surface area contributed by atoms with Crippen molar-refractivity contribution in [3.8, 4) is 0 Å². The average molecular weight is 215 g/mol. The molecule has 1 amide bonds. The van der Waals surface area contributed by atoms with Gasteiger partial charge in [0.1, 0.15) is 0 Å². The summed E-state index contributed by atoms with van der Waals surface area (Å²) in [6.45, 7) is 2.10. The Kier molecular flexibility index (Phi) is 2.23. The fourth-order valence-electron chi connectivity index (χ4n) is 2.66. The van der Waals surface area contributed by atoms with E-state index in [1.54, 1.807) is 0 Å². The molecule has 0 aromatic heterocycles. The summed E-state index contributed by atoms with van der Waals surface area (Å²) >= 11 is 0. The lowest BCUT2D eigenvalue weighted by Crippen LogP contribution is -2.24. The molecule has 3 rings (SSSR count). The second-order valence-electron chi connectivity index (χ2n) is 5.11. The van der Waals surface area contributed by atoms with Crippen LogP contribution in [0.3, 0.4) is 0 Å². The standard InChI is InChI=1S/C14H17NO/c1-9-13(8-14(16)15-9)12-4-2-3-11(7-12)10-5-6-10/h2-4,7,9-10,13H,5-6,8H2,1H3,(H,15,16). The number of carbonyl (C=O) groups is 1. The van der Waals surface area contributed by atoms with Gasteiger partial charge in [-0.25, -0.2) is 0 Å². The van der Waals surface area contributed by atoms with Crippen LogP contribution in [0.2, 0.25) is 0 Å². The van der Waals surface area contributed by atoms with Crippen molar-refractivity contribution in [3.63, 3.8) is 0 Å². The van der Waals surface area contributed by atoms with Gasteiger partial charge in [-0.2, -0.15) is 0 Å². The Morgan fingerprint density at radius 2 is 2.00 bits per heavy atom. The Labute approximate surface area is 96.1 Å². The number of amides is 1. The van der Waals surface area contributed by atoms with Crippen LogP contribution in [0.1, 0.15) is 49.1 Å². The number of nitrogens with one attached hydrogen (secondary N) is 1. The SMILES string of the molecule is CC1NC(=O)CC1c1cccc(C2CC2)c1. The zero-order valence-electron chi connectivity index (χ0n) is 9.57. The molecule has 0 spiro atoms. The van der Waals surface area contributed by atoms with Crippen molar-refractivity contribution < 1.29 is 4.79 Å². The second kappa shape index (κ2) is 3.62. The Bertz CT molecular complexity index is 422. The summed E-state index contributed by atoms with van der Waals surface area (Å²) in [7, 11) is 0. The van der Waals surface area contributed by atoms with E-state index in [-0.39, 0.29) is 11.9 Å². The van der Waals surface area contributed by atoms with Crippen molar-refractivity contribution in [1.82, 2.24) is 5.32 Å². The molecule has 16 heavy (non-hydrogen) atoms. The van der Waals surface area contributed by atoms with E-state index in [9.17, 15) is 4.79 Å². The predicted octanol–water partition coefficient (Wildman–Crippen LogP) is 2.56. The average Bonchev–Trinajstić information content (AvgIpc) is 3.05. The van der Waals surface area contributed by atoms with Crippen LogP contribution < -0.4 is 5.32 Å². The van der Waals surface area contributed by atoms with Crippen molar-refractivity contribution in [2.24, 2.45) is 0 Å². The van der Waals surface area contributed by atoms with Gasteiger partial charge in [0.25, 0.3) is 0 Å². The molecule has 0 bridgehead atoms. The maximum Gasteiger partial charge on any atom is 0.220 e. The molecule has 2 unspecified atom stereocenters. The van der Waals surface area contributed by atoms with Gasteiger partial charge in [0.05, 0.1) is 0 Å². The van der Waals surface area contributed by atoms with Gasteiger partial charge in [-0.15, -0.1) is 0 Å². The first-order valence-electron chi connectivity index (χ1n) is 6.13. The van der Waals surface area contributed by atoms with Gasteiger partial charge in [-0.1, -0.05) is 24.3 Å². The van der Waals surface area contributed by atoms with E-state index < -0.39 is 0 Å². The summed E-state index contributed by atoms with van der Waals surface area (Å²) in [5.41, 5.74) is 2.79. The summed E-state index contributed by atoms with van der Waals surface area (Å²) in [4.78, 5) is 11.4. The molecule has 2 atom stereocenters. The highest BCUT2D eigenvalue weighted by molar-refractivity contribution is 5.80. The van der Waals surface area contributed by atoms with E-state index in [4.69, 9.17) is 0 Å². The summed E-state index contributed by atoms with van der Waals surface area (Å²) in [6, 6.07) is 9.10. The molecule has 1 saturated heterocycles. The molecule has 0 radical (unpaired) electrons. The lowest BCUT2D eigenvalue weighted by molar-refractivity contribution is -0.119. The number of benzene rings is 1. The molecule has 1 aromatic rings. The molecule has 2 aliphatic rings. The number of hydrogen-bond acceptors (Lipinski definition) is 1. The molecule has 84 valence electrons. The second-order valence-corrected chi connectivity index (χ2v) is 5.11. The van der Waals surface area contributed by atoms with Gasteiger partial charge < -0.3 is 5.32 Å². The van der Waals surface area contributed by atoms with E-state index in [0.717, 1.165) is 5.92 Å². The summed E-state index contributed by atoms with van der Waals surface area (Å²) in [6.07, 6.45) is 3.32. The molecule has 2 fully saturated rings. The third-order valence-electron chi connectivity index (χ3n) is 3.79. The summed E-state index contributed by atoms with van der Waals surface area (Å²) < 4.78 is 0. The highest BCUT2D eigenvalue weighted by Crippen LogP contribution is 2.41. The van der Waals surface area contributed by atoms with E-state index in [1.807, 2.05) is 0 Å². The van der Waals surface area contributed by atoms with E-state index in [0.29, 0.717) is 12.3 Å². The molecule has 1 aromatic carbocycles. The maximum atomic E-state index is 11.4. The highest BCUT2D eigenvalue weighted by atomic mass is 16.1. The first-order chi connectivity index (χ1) is 7.74. The largest absolute Gasteiger partial charge is 0.353 e. The zero-order chi connectivity index (χ0) is 11.1. The van der Waals surface area contributed by atoms with Gasteiger partial charge in [0.2, 0.25) is 5.91 Å². The molecule has 1 aliphatic carbocycles. The van der Waals surface area contributed by atoms with Gasteiger partial charge in [-0.05, 0) is 36.8 Å². The Morgan fingerprint density at radius 3 is 2.62 bits per heavy atom. The van der Waals surface area contributed by atoms with Crippen LogP contribution >= 0.6 is 0 Å². The Balaban J connectivity index is 1.87. The highest BCUT2D eigenvalue weighted by Gasteiger charge is 2.31. The van der Waals surface area contributed by atoms with Crippen LogP contribution in [0.4, 0.5) is 0 Å². The minimum atomic E-state index is 0.189. The van der Waals surface area contributed by atoms with Crippen molar-refractivity contribution in [2.45, 2.75) is 44.1 Å². The van der Waals surface area contributed by atoms with Crippen LogP contribution in [0.25, 0.3) is 0 Å². The number of rotatable bonds is 2. The number of carbonyl (C=O) groups excluding carboxylic acids is 1. The smallest absolute Gasteiger partial charge is 0.220 e. The monoisotopic (exact) mass is 215 g/mol. The zero-order valence-corrected chi connectivity index (χ0v) is 9.57. The molecule has 1 saturated carbocycles. The molecule has 1 aliphatic heterocycles. The van der Waals surface area contributed by atoms with Crippen LogP contribution in [0.5, 0.6) is 0 Å². The molecule has 2 heteroatoms.